The van der Waals surface area contributed by atoms with Gasteiger partial charge >= 0.3 is 0 Å². The highest BCUT2D eigenvalue weighted by Crippen LogP contribution is 2.68. The summed E-state index contributed by atoms with van der Waals surface area (Å²) in [5.41, 5.74) is 7.23. The lowest BCUT2D eigenvalue weighted by Gasteiger charge is -2.14. The smallest absolute Gasteiger partial charge is 0.232 e. The quantitative estimate of drug-likeness (QED) is 0.544. The molecule has 0 saturated heterocycles. The Balaban J connectivity index is 1.87. The Labute approximate surface area is 155 Å². The fourth-order valence-electron chi connectivity index (χ4n) is 3.06. The maximum atomic E-state index is 5.92. The third-order valence-corrected chi connectivity index (χ3v) is 6.78. The lowest BCUT2D eigenvalue weighted by atomic mass is 10.0. The average molecular weight is 366 g/mol. The number of allylic oxidation sites excluding steroid dienone is 2. The topological polar surface area (TPSA) is 77.5 Å². The van der Waals surface area contributed by atoms with E-state index in [2.05, 4.69) is 42.5 Å². The highest BCUT2D eigenvalue weighted by molar-refractivity contribution is 8.02. The number of ether oxygens (including phenoxy) is 1. The summed E-state index contributed by atoms with van der Waals surface area (Å²) >= 11 is 1.45. The molecule has 1 saturated carbocycles. The molecular weight excluding hydrogens is 334 g/mol. The lowest BCUT2D eigenvalue weighted by molar-refractivity contribution is 0.258. The molecule has 3 N–H and O–H groups in total. The van der Waals surface area contributed by atoms with Crippen molar-refractivity contribution in [3.8, 4) is 5.88 Å². The Kier molecular flexibility index (Phi) is 5.89. The number of nitrogens with one attached hydrogen (secondary N) is 1. The number of nitrogens with zero attached hydrogens (tertiary/aromatic N) is 3. The van der Waals surface area contributed by atoms with Gasteiger partial charge in [0.15, 0.2) is 0 Å². The summed E-state index contributed by atoms with van der Waals surface area (Å²) in [6.07, 6.45) is 3.66. The monoisotopic (exact) mass is 365 g/mol. The van der Waals surface area contributed by atoms with Crippen LogP contribution in [0.1, 0.15) is 47.7 Å². The minimum Gasteiger partial charge on any atom is -0.476 e. The van der Waals surface area contributed by atoms with E-state index in [9.17, 15) is 0 Å². The molecule has 1 aliphatic rings. The summed E-state index contributed by atoms with van der Waals surface area (Å²) in [4.78, 5) is 4.92. The Bertz CT molecular complexity index is 644. The van der Waals surface area contributed by atoms with E-state index < -0.39 is 0 Å². The standard InChI is InChI=1S/C18H31N5OS/c1-12(19)14(10-20-7)25-22-13(2)23-9-8-16(21-23)24-11-15-17(3,4)18(15,5)6/h8-10,13,15,22H,11,19H2,1-7H3. The van der Waals surface area contributed by atoms with E-state index in [0.717, 1.165) is 10.6 Å². The van der Waals surface area contributed by atoms with Crippen LogP contribution in [0.3, 0.4) is 0 Å². The van der Waals surface area contributed by atoms with Gasteiger partial charge in [0, 0.05) is 37.1 Å². The first kappa shape index (κ1) is 19.8. The van der Waals surface area contributed by atoms with E-state index >= 15 is 0 Å². The highest BCUT2D eigenvalue weighted by atomic mass is 32.2. The predicted octanol–water partition coefficient (Wildman–Crippen LogP) is 3.59. The second-order valence-corrected chi connectivity index (χ2v) is 8.65. The molecule has 1 aromatic rings. The van der Waals surface area contributed by atoms with Crippen molar-refractivity contribution in [3.63, 3.8) is 0 Å². The average Bonchev–Trinajstić information content (AvgIpc) is 2.87. The molecule has 1 heterocycles. The van der Waals surface area contributed by atoms with Gasteiger partial charge in [-0.2, -0.15) is 0 Å². The molecule has 0 amide bonds. The number of hydrogen-bond donors (Lipinski definition) is 2. The highest BCUT2D eigenvalue weighted by Gasteiger charge is 2.64. The van der Waals surface area contributed by atoms with Gasteiger partial charge in [-0.15, -0.1) is 5.10 Å². The summed E-state index contributed by atoms with van der Waals surface area (Å²) in [7, 11) is 1.73. The van der Waals surface area contributed by atoms with Crippen molar-refractivity contribution >= 4 is 18.2 Å². The summed E-state index contributed by atoms with van der Waals surface area (Å²) in [5, 5.41) is 4.51. The predicted molar refractivity (Wildman–Crippen MR) is 106 cm³/mol. The zero-order valence-corrected chi connectivity index (χ0v) is 17.1. The molecular formula is C18H31N5OS. The summed E-state index contributed by atoms with van der Waals surface area (Å²) in [6, 6.07) is 1.91. The SMILES string of the molecule is CN=CC(SNC(C)n1ccc(OCC2C(C)(C)C2(C)C)n1)=C(C)N. The number of hydrogen-bond acceptors (Lipinski definition) is 6. The molecule has 1 aromatic heterocycles. The van der Waals surface area contributed by atoms with Crippen LogP contribution < -0.4 is 15.2 Å². The Hall–Kier alpha value is -1.47. The van der Waals surface area contributed by atoms with Crippen LogP contribution in [0.4, 0.5) is 0 Å². The first-order valence-corrected chi connectivity index (χ1v) is 9.41. The fourth-order valence-corrected chi connectivity index (χ4v) is 3.79. The van der Waals surface area contributed by atoms with Crippen LogP contribution in [0.5, 0.6) is 5.88 Å². The molecule has 0 aromatic carbocycles. The molecule has 140 valence electrons. The largest absolute Gasteiger partial charge is 0.476 e. The van der Waals surface area contributed by atoms with Crippen LogP contribution in [0, 0.1) is 16.7 Å². The molecule has 25 heavy (non-hydrogen) atoms. The molecule has 0 radical (unpaired) electrons. The van der Waals surface area contributed by atoms with Crippen LogP contribution in [0.15, 0.2) is 27.9 Å². The van der Waals surface area contributed by atoms with Crippen molar-refractivity contribution in [2.24, 2.45) is 27.5 Å². The third kappa shape index (κ3) is 4.20. The van der Waals surface area contributed by atoms with E-state index in [1.807, 2.05) is 30.8 Å². The molecule has 0 aliphatic heterocycles. The Morgan fingerprint density at radius 1 is 1.48 bits per heavy atom. The second kappa shape index (κ2) is 7.41. The van der Waals surface area contributed by atoms with Crippen molar-refractivity contribution in [1.82, 2.24) is 14.5 Å². The molecule has 1 atom stereocenters. The maximum Gasteiger partial charge on any atom is 0.232 e. The van der Waals surface area contributed by atoms with Crippen molar-refractivity contribution < 1.29 is 4.74 Å². The minimum absolute atomic E-state index is 0.00392. The van der Waals surface area contributed by atoms with E-state index in [1.54, 1.807) is 13.3 Å². The maximum absolute atomic E-state index is 5.92. The molecule has 2 rings (SSSR count). The molecule has 7 heteroatoms. The van der Waals surface area contributed by atoms with Crippen LogP contribution in [0.25, 0.3) is 0 Å². The van der Waals surface area contributed by atoms with E-state index in [0.29, 0.717) is 29.2 Å². The van der Waals surface area contributed by atoms with Crippen molar-refractivity contribution in [2.45, 2.75) is 47.7 Å². The zero-order chi connectivity index (χ0) is 18.8. The summed E-state index contributed by atoms with van der Waals surface area (Å²) in [6.45, 7) is 13.8. The minimum atomic E-state index is -0.00392. The number of aromatic nitrogens is 2. The lowest BCUT2D eigenvalue weighted by Crippen LogP contribution is -2.19. The van der Waals surface area contributed by atoms with Gasteiger partial charge < -0.3 is 10.5 Å². The van der Waals surface area contributed by atoms with Crippen LogP contribution in [-0.2, 0) is 0 Å². The Morgan fingerprint density at radius 3 is 2.64 bits per heavy atom. The van der Waals surface area contributed by atoms with Crippen molar-refractivity contribution in [3.05, 3.63) is 22.9 Å². The normalized spacial score (nSPS) is 21.2. The Morgan fingerprint density at radius 2 is 2.12 bits per heavy atom. The van der Waals surface area contributed by atoms with Gasteiger partial charge in [0.05, 0.1) is 11.5 Å². The van der Waals surface area contributed by atoms with Gasteiger partial charge in [-0.25, -0.2) is 4.72 Å². The molecule has 0 spiro atoms. The van der Waals surface area contributed by atoms with Crippen LogP contribution >= 0.6 is 11.9 Å². The molecule has 0 bridgehead atoms. The zero-order valence-electron chi connectivity index (χ0n) is 16.3. The van der Waals surface area contributed by atoms with Gasteiger partial charge in [-0.05, 0) is 36.6 Å². The van der Waals surface area contributed by atoms with Gasteiger partial charge in [-0.3, -0.25) is 9.67 Å². The molecule has 6 nitrogen and oxygen atoms in total. The van der Waals surface area contributed by atoms with Gasteiger partial charge in [0.25, 0.3) is 0 Å². The number of nitrogens with two attached hydrogens (primary N) is 1. The summed E-state index contributed by atoms with van der Waals surface area (Å²) < 4.78 is 11.1. The number of rotatable bonds is 8. The van der Waals surface area contributed by atoms with Gasteiger partial charge in [-0.1, -0.05) is 27.7 Å². The molecule has 1 fully saturated rings. The van der Waals surface area contributed by atoms with Crippen LogP contribution in [-0.4, -0.2) is 29.6 Å². The van der Waals surface area contributed by atoms with Gasteiger partial charge in [0.2, 0.25) is 5.88 Å². The van der Waals surface area contributed by atoms with E-state index in [-0.39, 0.29) is 6.17 Å². The summed E-state index contributed by atoms with van der Waals surface area (Å²) in [5.74, 6) is 1.22. The van der Waals surface area contributed by atoms with Crippen molar-refractivity contribution in [2.75, 3.05) is 13.7 Å². The van der Waals surface area contributed by atoms with Crippen LogP contribution in [0.2, 0.25) is 0 Å². The van der Waals surface area contributed by atoms with E-state index in [4.69, 9.17) is 10.5 Å². The molecule has 1 aliphatic carbocycles. The third-order valence-electron chi connectivity index (χ3n) is 5.67. The number of aliphatic imine (C=N–C) groups is 1. The second-order valence-electron chi connectivity index (χ2n) is 7.77. The molecule has 1 unspecified atom stereocenters. The van der Waals surface area contributed by atoms with E-state index in [1.165, 1.54) is 11.9 Å². The first-order chi connectivity index (χ1) is 11.6. The van der Waals surface area contributed by atoms with Gasteiger partial charge in [0.1, 0.15) is 6.17 Å². The first-order valence-electron chi connectivity index (χ1n) is 8.60. The van der Waals surface area contributed by atoms with Crippen molar-refractivity contribution in [1.29, 1.82) is 0 Å². The fraction of sp³-hybridized carbons (Fsp3) is 0.667.